The highest BCUT2D eigenvalue weighted by Crippen LogP contribution is 2.18. The summed E-state index contributed by atoms with van der Waals surface area (Å²) < 4.78 is 10.3. The number of aromatic nitrogens is 1. The molecule has 1 aromatic rings. The maximum Gasteiger partial charge on any atom is 0.0892 e. The van der Waals surface area contributed by atoms with Gasteiger partial charge in [-0.05, 0) is 25.0 Å². The van der Waals surface area contributed by atoms with Gasteiger partial charge in [0.2, 0.25) is 0 Å². The Morgan fingerprint density at radius 1 is 1.33 bits per heavy atom. The van der Waals surface area contributed by atoms with Crippen LogP contribution in [-0.4, -0.2) is 25.3 Å². The Hall–Kier alpha value is -1.13. The Labute approximate surface area is 90.4 Å². The minimum Gasteiger partial charge on any atom is -0.398 e. The minimum absolute atomic E-state index is 0.486. The lowest BCUT2D eigenvalue weighted by atomic mass is 10.1. The van der Waals surface area contributed by atoms with Gasteiger partial charge in [0.05, 0.1) is 25.5 Å². The fourth-order valence-electron chi connectivity index (χ4n) is 1.25. The molecule has 15 heavy (non-hydrogen) atoms. The summed E-state index contributed by atoms with van der Waals surface area (Å²) in [6, 6.07) is 0. The lowest BCUT2D eigenvalue weighted by Crippen LogP contribution is -2.06. The first-order chi connectivity index (χ1) is 7.16. The van der Waals surface area contributed by atoms with Crippen LogP contribution in [0.3, 0.4) is 0 Å². The van der Waals surface area contributed by atoms with Crippen molar-refractivity contribution in [3.05, 3.63) is 23.0 Å². The van der Waals surface area contributed by atoms with Crippen molar-refractivity contribution >= 4 is 5.69 Å². The first kappa shape index (κ1) is 11.9. The third kappa shape index (κ3) is 3.18. The van der Waals surface area contributed by atoms with Gasteiger partial charge in [-0.15, -0.1) is 0 Å². The molecule has 0 atom stereocenters. The number of nitrogens with two attached hydrogens (primary N) is 1. The Morgan fingerprint density at radius 3 is 2.73 bits per heavy atom. The molecule has 0 spiro atoms. The molecule has 0 amide bonds. The zero-order valence-corrected chi connectivity index (χ0v) is 9.54. The van der Waals surface area contributed by atoms with E-state index in [-0.39, 0.29) is 0 Å². The molecule has 1 aromatic heterocycles. The van der Waals surface area contributed by atoms with Crippen LogP contribution in [0.4, 0.5) is 5.69 Å². The number of anilines is 1. The summed E-state index contributed by atoms with van der Waals surface area (Å²) in [5.74, 6) is 0. The monoisotopic (exact) mass is 210 g/mol. The summed E-state index contributed by atoms with van der Waals surface area (Å²) in [5, 5.41) is 0. The number of nitrogens with zero attached hydrogens (tertiary/aromatic N) is 1. The lowest BCUT2D eigenvalue weighted by molar-refractivity contribution is 0.0600. The zero-order valence-electron chi connectivity index (χ0n) is 9.54. The van der Waals surface area contributed by atoms with Crippen LogP contribution >= 0.6 is 0 Å². The molecule has 0 aliphatic heterocycles. The quantitative estimate of drug-likeness (QED) is 0.747. The van der Waals surface area contributed by atoms with Gasteiger partial charge in [-0.3, -0.25) is 4.98 Å². The first-order valence-corrected chi connectivity index (χ1v) is 4.94. The molecular weight excluding hydrogens is 192 g/mol. The van der Waals surface area contributed by atoms with Crippen LogP contribution in [0.2, 0.25) is 0 Å². The van der Waals surface area contributed by atoms with Crippen molar-refractivity contribution in [1.29, 1.82) is 0 Å². The molecule has 4 heteroatoms. The minimum atomic E-state index is 0.486. The van der Waals surface area contributed by atoms with E-state index in [4.69, 9.17) is 15.2 Å². The topological polar surface area (TPSA) is 57.4 Å². The van der Waals surface area contributed by atoms with E-state index in [9.17, 15) is 0 Å². The van der Waals surface area contributed by atoms with Crippen LogP contribution in [-0.2, 0) is 16.1 Å². The van der Waals surface area contributed by atoms with E-state index in [1.807, 2.05) is 13.8 Å². The highest BCUT2D eigenvalue weighted by molar-refractivity contribution is 5.53. The van der Waals surface area contributed by atoms with Crippen molar-refractivity contribution in [1.82, 2.24) is 4.98 Å². The largest absolute Gasteiger partial charge is 0.398 e. The Bertz CT molecular complexity index is 327. The number of hydrogen-bond donors (Lipinski definition) is 1. The van der Waals surface area contributed by atoms with Gasteiger partial charge in [-0.2, -0.15) is 0 Å². The van der Waals surface area contributed by atoms with Crippen molar-refractivity contribution in [2.24, 2.45) is 0 Å². The molecule has 0 unspecified atom stereocenters. The van der Waals surface area contributed by atoms with Crippen LogP contribution < -0.4 is 5.73 Å². The molecule has 1 heterocycles. The van der Waals surface area contributed by atoms with E-state index in [0.29, 0.717) is 19.8 Å². The Balaban J connectivity index is 2.58. The second kappa shape index (κ2) is 5.68. The number of pyridine rings is 1. The summed E-state index contributed by atoms with van der Waals surface area (Å²) in [6.07, 6.45) is 1.78. The van der Waals surface area contributed by atoms with Gasteiger partial charge < -0.3 is 15.2 Å². The molecule has 1 rings (SSSR count). The third-order valence-electron chi connectivity index (χ3n) is 2.35. The molecule has 0 radical (unpaired) electrons. The van der Waals surface area contributed by atoms with E-state index < -0.39 is 0 Å². The first-order valence-electron chi connectivity index (χ1n) is 4.94. The van der Waals surface area contributed by atoms with Gasteiger partial charge in [-0.1, -0.05) is 0 Å². The van der Waals surface area contributed by atoms with E-state index in [1.54, 1.807) is 13.3 Å². The maximum atomic E-state index is 5.89. The van der Waals surface area contributed by atoms with Crippen molar-refractivity contribution in [3.63, 3.8) is 0 Å². The summed E-state index contributed by atoms with van der Waals surface area (Å²) >= 11 is 0. The molecule has 0 bridgehead atoms. The molecule has 2 N–H and O–H groups in total. The zero-order chi connectivity index (χ0) is 11.3. The van der Waals surface area contributed by atoms with Crippen LogP contribution in [0.1, 0.15) is 16.8 Å². The van der Waals surface area contributed by atoms with Crippen molar-refractivity contribution < 1.29 is 9.47 Å². The van der Waals surface area contributed by atoms with E-state index in [1.165, 1.54) is 0 Å². The van der Waals surface area contributed by atoms with Crippen LogP contribution in [0.15, 0.2) is 6.20 Å². The molecule has 0 saturated heterocycles. The van der Waals surface area contributed by atoms with Gasteiger partial charge in [-0.25, -0.2) is 0 Å². The highest BCUT2D eigenvalue weighted by atomic mass is 16.5. The highest BCUT2D eigenvalue weighted by Gasteiger charge is 2.05. The van der Waals surface area contributed by atoms with Crippen molar-refractivity contribution in [2.45, 2.75) is 20.5 Å². The number of hydrogen-bond acceptors (Lipinski definition) is 4. The lowest BCUT2D eigenvalue weighted by Gasteiger charge is -2.10. The number of rotatable bonds is 5. The number of methoxy groups -OCH3 is 1. The summed E-state index contributed by atoms with van der Waals surface area (Å²) in [4.78, 5) is 4.29. The fraction of sp³-hybridized carbons (Fsp3) is 0.545. The summed E-state index contributed by atoms with van der Waals surface area (Å²) in [7, 11) is 1.65. The standard InChI is InChI=1S/C11H18N2O2/c1-8-6-13-10(9(2)11(8)12)7-15-5-4-14-3/h6H,4-5,7H2,1-3H3,(H2,12,13). The molecule has 0 saturated carbocycles. The molecule has 0 aliphatic carbocycles. The predicted molar refractivity (Wildman–Crippen MR) is 59.7 cm³/mol. The number of nitrogen functional groups attached to an aromatic ring is 1. The number of aryl methyl sites for hydroxylation is 1. The average Bonchev–Trinajstić information content (AvgIpc) is 2.24. The fourth-order valence-corrected chi connectivity index (χ4v) is 1.25. The van der Waals surface area contributed by atoms with Gasteiger partial charge in [0, 0.05) is 19.0 Å². The number of ether oxygens (including phenoxy) is 2. The Morgan fingerprint density at radius 2 is 2.07 bits per heavy atom. The van der Waals surface area contributed by atoms with E-state index in [0.717, 1.165) is 22.5 Å². The van der Waals surface area contributed by atoms with E-state index in [2.05, 4.69) is 4.98 Å². The van der Waals surface area contributed by atoms with Crippen LogP contribution in [0.5, 0.6) is 0 Å². The average molecular weight is 210 g/mol. The van der Waals surface area contributed by atoms with Gasteiger partial charge in [0.15, 0.2) is 0 Å². The SMILES string of the molecule is COCCOCc1ncc(C)c(N)c1C. The normalized spacial score (nSPS) is 10.6. The van der Waals surface area contributed by atoms with Gasteiger partial charge in [0.1, 0.15) is 0 Å². The van der Waals surface area contributed by atoms with Gasteiger partial charge in [0.25, 0.3) is 0 Å². The van der Waals surface area contributed by atoms with Crippen molar-refractivity contribution in [2.75, 3.05) is 26.1 Å². The van der Waals surface area contributed by atoms with Gasteiger partial charge >= 0.3 is 0 Å². The van der Waals surface area contributed by atoms with E-state index >= 15 is 0 Å². The molecule has 0 aliphatic rings. The molecule has 84 valence electrons. The van der Waals surface area contributed by atoms with Crippen LogP contribution in [0, 0.1) is 13.8 Å². The maximum absolute atomic E-state index is 5.89. The second-order valence-corrected chi connectivity index (χ2v) is 3.47. The van der Waals surface area contributed by atoms with Crippen molar-refractivity contribution in [3.8, 4) is 0 Å². The third-order valence-corrected chi connectivity index (χ3v) is 2.35. The molecule has 4 nitrogen and oxygen atoms in total. The summed E-state index contributed by atoms with van der Waals surface area (Å²) in [6.45, 7) is 5.57. The molecular formula is C11H18N2O2. The second-order valence-electron chi connectivity index (χ2n) is 3.47. The predicted octanol–water partition coefficient (Wildman–Crippen LogP) is 1.44. The summed E-state index contributed by atoms with van der Waals surface area (Å²) in [5.41, 5.74) is 9.61. The molecule has 0 aromatic carbocycles. The molecule has 0 fully saturated rings. The van der Waals surface area contributed by atoms with Crippen LogP contribution in [0.25, 0.3) is 0 Å². The Kier molecular flexibility index (Phi) is 4.52. The smallest absolute Gasteiger partial charge is 0.0892 e.